The summed E-state index contributed by atoms with van der Waals surface area (Å²) >= 11 is 12.3. The third-order valence-corrected chi connectivity index (χ3v) is 7.69. The minimum atomic E-state index is 0.710. The van der Waals surface area contributed by atoms with Gasteiger partial charge in [0, 0.05) is 70.8 Å². The van der Waals surface area contributed by atoms with E-state index in [0.717, 1.165) is 65.9 Å². The number of rotatable bonds is 17. The number of halogens is 2. The summed E-state index contributed by atoms with van der Waals surface area (Å²) in [5.41, 5.74) is 4.03. The van der Waals surface area contributed by atoms with E-state index in [1.807, 2.05) is 60.9 Å². The van der Waals surface area contributed by atoms with Gasteiger partial charge in [0.05, 0.1) is 11.0 Å². The molecule has 7 heteroatoms. The minimum Gasteiger partial charge on any atom is -0.383 e. The molecule has 2 aromatic carbocycles. The molecule has 0 aliphatic heterocycles. The van der Waals surface area contributed by atoms with Crippen molar-refractivity contribution in [2.75, 3.05) is 43.4 Å². The van der Waals surface area contributed by atoms with E-state index in [1.165, 1.54) is 51.4 Å². The Kier molecular flexibility index (Phi) is 11.9. The smallest absolute Gasteiger partial charge is 0.0737 e. The molecule has 0 bridgehead atoms. The second-order valence-corrected chi connectivity index (χ2v) is 11.1. The third kappa shape index (κ3) is 9.23. The largest absolute Gasteiger partial charge is 0.383 e. The molecule has 2 N–H and O–H groups in total. The van der Waals surface area contributed by atoms with Gasteiger partial charge >= 0.3 is 0 Å². The predicted octanol–water partition coefficient (Wildman–Crippen LogP) is 9.06. The Labute approximate surface area is 243 Å². The first-order valence-electron chi connectivity index (χ1n) is 14.4. The van der Waals surface area contributed by atoms with Gasteiger partial charge in [-0.15, -0.1) is 0 Å². The molecule has 0 radical (unpaired) electrons. The Hall–Kier alpha value is -2.60. The van der Waals surface area contributed by atoms with E-state index in [4.69, 9.17) is 23.2 Å². The fourth-order valence-corrected chi connectivity index (χ4v) is 5.39. The quantitative estimate of drug-likeness (QED) is 0.125. The molecule has 39 heavy (non-hydrogen) atoms. The SMILES string of the molecule is CCCCCCCCCCN(CCNc1ccnc2cc(Cl)ccc12)CCNc1ccnc2cc(Cl)ccc12. The summed E-state index contributed by atoms with van der Waals surface area (Å²) < 4.78 is 0. The van der Waals surface area contributed by atoms with Gasteiger partial charge in [0.2, 0.25) is 0 Å². The Morgan fingerprint density at radius 3 is 1.62 bits per heavy atom. The number of benzene rings is 2. The minimum absolute atomic E-state index is 0.710. The van der Waals surface area contributed by atoms with Crippen molar-refractivity contribution >= 4 is 56.4 Å². The lowest BCUT2D eigenvalue weighted by Crippen LogP contribution is -2.34. The van der Waals surface area contributed by atoms with Crippen molar-refractivity contribution < 1.29 is 0 Å². The molecule has 0 spiro atoms. The standard InChI is InChI=1S/C32H41Cl2N5/c1-2-3-4-5-6-7-8-9-20-39(21-18-37-29-14-16-35-31-23-25(33)10-12-27(29)31)22-19-38-30-15-17-36-32-24-26(34)11-13-28(30)32/h10-17,23-24H,2-9,18-22H2,1H3,(H,35,37)(H,36,38). The number of nitrogens with zero attached hydrogens (tertiary/aromatic N) is 3. The van der Waals surface area contributed by atoms with E-state index >= 15 is 0 Å². The highest BCUT2D eigenvalue weighted by Gasteiger charge is 2.08. The first-order valence-corrected chi connectivity index (χ1v) is 15.2. The number of fused-ring (bicyclic) bond motifs is 2. The normalized spacial score (nSPS) is 11.5. The Morgan fingerprint density at radius 2 is 1.10 bits per heavy atom. The fourth-order valence-electron chi connectivity index (χ4n) is 5.05. The van der Waals surface area contributed by atoms with Crippen molar-refractivity contribution in [2.24, 2.45) is 0 Å². The van der Waals surface area contributed by atoms with Crippen LogP contribution in [0.2, 0.25) is 10.0 Å². The summed E-state index contributed by atoms with van der Waals surface area (Å²) in [6.07, 6.45) is 14.4. The zero-order valence-electron chi connectivity index (χ0n) is 23.1. The molecular weight excluding hydrogens is 525 g/mol. The third-order valence-electron chi connectivity index (χ3n) is 7.22. The van der Waals surface area contributed by atoms with Gasteiger partial charge in [0.25, 0.3) is 0 Å². The highest BCUT2D eigenvalue weighted by molar-refractivity contribution is 6.31. The van der Waals surface area contributed by atoms with Crippen molar-refractivity contribution in [3.05, 3.63) is 71.0 Å². The van der Waals surface area contributed by atoms with Crippen LogP contribution >= 0.6 is 23.2 Å². The monoisotopic (exact) mass is 565 g/mol. The molecule has 0 saturated heterocycles. The average Bonchev–Trinajstić information content (AvgIpc) is 2.94. The highest BCUT2D eigenvalue weighted by atomic mass is 35.5. The summed E-state index contributed by atoms with van der Waals surface area (Å²) in [6.45, 7) is 7.07. The van der Waals surface area contributed by atoms with Crippen LogP contribution in [0.1, 0.15) is 58.3 Å². The summed E-state index contributed by atoms with van der Waals surface area (Å²) in [5, 5.41) is 10.9. The highest BCUT2D eigenvalue weighted by Crippen LogP contribution is 2.25. The number of hydrogen-bond acceptors (Lipinski definition) is 5. The van der Waals surface area contributed by atoms with Gasteiger partial charge in [-0.1, -0.05) is 75.1 Å². The number of anilines is 2. The van der Waals surface area contributed by atoms with E-state index < -0.39 is 0 Å². The molecule has 0 aliphatic carbocycles. The lowest BCUT2D eigenvalue weighted by Gasteiger charge is -2.23. The number of unbranched alkanes of at least 4 members (excludes halogenated alkanes) is 7. The second kappa shape index (κ2) is 15.9. The maximum atomic E-state index is 6.17. The van der Waals surface area contributed by atoms with E-state index in [0.29, 0.717) is 10.0 Å². The molecule has 2 heterocycles. The molecule has 0 saturated carbocycles. The average molecular weight is 567 g/mol. The van der Waals surface area contributed by atoms with Crippen molar-refractivity contribution in [3.8, 4) is 0 Å². The summed E-state index contributed by atoms with van der Waals surface area (Å²) in [6, 6.07) is 15.9. The van der Waals surface area contributed by atoms with Crippen LogP contribution in [0.5, 0.6) is 0 Å². The zero-order chi connectivity index (χ0) is 27.3. The first kappa shape index (κ1) is 29.4. The van der Waals surface area contributed by atoms with Crippen LogP contribution < -0.4 is 10.6 Å². The number of hydrogen-bond donors (Lipinski definition) is 2. The van der Waals surface area contributed by atoms with Gasteiger partial charge in [-0.25, -0.2) is 0 Å². The maximum Gasteiger partial charge on any atom is 0.0737 e. The Morgan fingerprint density at radius 1 is 0.615 bits per heavy atom. The lowest BCUT2D eigenvalue weighted by molar-refractivity contribution is 0.286. The predicted molar refractivity (Wildman–Crippen MR) is 170 cm³/mol. The van der Waals surface area contributed by atoms with Crippen LogP contribution in [0.3, 0.4) is 0 Å². The first-order chi connectivity index (χ1) is 19.1. The Balaban J connectivity index is 1.30. The molecule has 0 fully saturated rings. The molecule has 4 rings (SSSR count). The molecular formula is C32H41Cl2N5. The van der Waals surface area contributed by atoms with Crippen LogP contribution in [0, 0.1) is 0 Å². The Bertz CT molecular complexity index is 1220. The van der Waals surface area contributed by atoms with E-state index in [-0.39, 0.29) is 0 Å². The number of aromatic nitrogens is 2. The molecule has 5 nitrogen and oxygen atoms in total. The van der Waals surface area contributed by atoms with E-state index in [1.54, 1.807) is 0 Å². The lowest BCUT2D eigenvalue weighted by atomic mass is 10.1. The van der Waals surface area contributed by atoms with Gasteiger partial charge in [0.15, 0.2) is 0 Å². The molecule has 2 aromatic heterocycles. The maximum absolute atomic E-state index is 6.17. The van der Waals surface area contributed by atoms with Crippen LogP contribution in [0.25, 0.3) is 21.8 Å². The summed E-state index contributed by atoms with van der Waals surface area (Å²) in [5.74, 6) is 0. The summed E-state index contributed by atoms with van der Waals surface area (Å²) in [7, 11) is 0. The molecule has 0 unspecified atom stereocenters. The van der Waals surface area contributed by atoms with Crippen LogP contribution in [-0.2, 0) is 0 Å². The van der Waals surface area contributed by atoms with Crippen LogP contribution in [0.4, 0.5) is 11.4 Å². The molecule has 4 aromatic rings. The van der Waals surface area contributed by atoms with Crippen LogP contribution in [-0.4, -0.2) is 47.6 Å². The van der Waals surface area contributed by atoms with Gasteiger partial charge in [0.1, 0.15) is 0 Å². The van der Waals surface area contributed by atoms with E-state index in [9.17, 15) is 0 Å². The van der Waals surface area contributed by atoms with Crippen molar-refractivity contribution in [2.45, 2.75) is 58.3 Å². The van der Waals surface area contributed by atoms with Gasteiger partial charge in [-0.05, 0) is 61.5 Å². The zero-order valence-corrected chi connectivity index (χ0v) is 24.6. The van der Waals surface area contributed by atoms with Crippen LogP contribution in [0.15, 0.2) is 60.9 Å². The molecule has 0 aliphatic rings. The molecule has 0 atom stereocenters. The van der Waals surface area contributed by atoms with Gasteiger partial charge < -0.3 is 10.6 Å². The summed E-state index contributed by atoms with van der Waals surface area (Å²) in [4.78, 5) is 11.5. The molecule has 0 amide bonds. The number of pyridine rings is 2. The van der Waals surface area contributed by atoms with Crippen molar-refractivity contribution in [1.29, 1.82) is 0 Å². The van der Waals surface area contributed by atoms with E-state index in [2.05, 4.69) is 32.4 Å². The second-order valence-electron chi connectivity index (χ2n) is 10.2. The van der Waals surface area contributed by atoms with Gasteiger partial charge in [-0.3, -0.25) is 14.9 Å². The van der Waals surface area contributed by atoms with Crippen molar-refractivity contribution in [1.82, 2.24) is 14.9 Å². The fraction of sp³-hybridized carbons (Fsp3) is 0.438. The topological polar surface area (TPSA) is 53.1 Å². The number of nitrogens with one attached hydrogen (secondary N) is 2. The molecule has 208 valence electrons. The van der Waals surface area contributed by atoms with Gasteiger partial charge in [-0.2, -0.15) is 0 Å². The van der Waals surface area contributed by atoms with Crippen molar-refractivity contribution in [3.63, 3.8) is 0 Å².